The third-order valence-electron chi connectivity index (χ3n) is 3.96. The topological polar surface area (TPSA) is 97.1 Å². The molecule has 0 unspecified atom stereocenters. The second-order valence-corrected chi connectivity index (χ2v) is 7.07. The fourth-order valence-corrected chi connectivity index (χ4v) is 3.56. The summed E-state index contributed by atoms with van der Waals surface area (Å²) in [4.78, 5) is 25.7. The zero-order valence-electron chi connectivity index (χ0n) is 14.9. The highest BCUT2D eigenvalue weighted by Gasteiger charge is 2.26. The fourth-order valence-electron chi connectivity index (χ4n) is 2.60. The average Bonchev–Trinajstić information content (AvgIpc) is 3.00. The highest BCUT2D eigenvalue weighted by Crippen LogP contribution is 2.35. The van der Waals surface area contributed by atoms with Crippen LogP contribution < -0.4 is 10.2 Å². The first-order valence-corrected chi connectivity index (χ1v) is 9.16. The minimum Gasteiger partial charge on any atom is -0.354 e. The maximum Gasteiger partial charge on any atom is 0.353 e. The molecule has 0 fully saturated rings. The van der Waals surface area contributed by atoms with Crippen LogP contribution in [0.25, 0.3) is 10.2 Å². The number of hydrogen-bond acceptors (Lipinski definition) is 8. The van der Waals surface area contributed by atoms with Crippen molar-refractivity contribution >= 4 is 44.0 Å². The molecule has 26 heavy (non-hydrogen) atoms. The van der Waals surface area contributed by atoms with Crippen LogP contribution >= 0.6 is 11.3 Å². The molecule has 1 N–H and O–H groups in total. The van der Waals surface area contributed by atoms with E-state index in [4.69, 9.17) is 0 Å². The Balaban J connectivity index is 1.96. The van der Waals surface area contributed by atoms with E-state index in [1.165, 1.54) is 17.7 Å². The van der Waals surface area contributed by atoms with E-state index < -0.39 is 4.92 Å². The lowest BCUT2D eigenvalue weighted by Gasteiger charge is -2.18. The normalized spacial score (nSPS) is 10.9. The Hall–Kier alpha value is -2.81. The first-order valence-electron chi connectivity index (χ1n) is 8.34. The van der Waals surface area contributed by atoms with Crippen molar-refractivity contribution in [2.75, 3.05) is 23.8 Å². The van der Waals surface area contributed by atoms with Gasteiger partial charge < -0.3 is 10.2 Å². The predicted octanol–water partition coefficient (Wildman–Crippen LogP) is 4.28. The molecule has 0 amide bonds. The van der Waals surface area contributed by atoms with Gasteiger partial charge in [-0.3, -0.25) is 10.1 Å². The highest BCUT2D eigenvalue weighted by molar-refractivity contribution is 7.22. The van der Waals surface area contributed by atoms with Gasteiger partial charge in [0.15, 0.2) is 5.13 Å². The van der Waals surface area contributed by atoms with E-state index >= 15 is 0 Å². The molecule has 2 aromatic heterocycles. The molecule has 0 atom stereocenters. The van der Waals surface area contributed by atoms with E-state index in [0.717, 1.165) is 28.6 Å². The third-order valence-corrected chi connectivity index (χ3v) is 4.90. The molecule has 0 aliphatic carbocycles. The van der Waals surface area contributed by atoms with Gasteiger partial charge in [-0.2, -0.15) is 0 Å². The summed E-state index contributed by atoms with van der Waals surface area (Å²) in [5, 5.41) is 15.2. The van der Waals surface area contributed by atoms with Crippen LogP contribution in [0.2, 0.25) is 0 Å². The standard InChI is InChI=1S/C17H20N6O2S/c1-4-5-8-22(3)16-14(23(24)25)15(18-10-19-16)21-17-20-12-7-6-11(2)9-13(12)26-17/h6-7,9-10H,4-5,8H2,1-3H3,(H,18,19,20,21). The molecule has 136 valence electrons. The van der Waals surface area contributed by atoms with Crippen molar-refractivity contribution in [3.8, 4) is 0 Å². The minimum atomic E-state index is -0.447. The molecule has 0 bridgehead atoms. The molecule has 3 rings (SSSR count). The van der Waals surface area contributed by atoms with Crippen molar-refractivity contribution in [1.82, 2.24) is 15.0 Å². The van der Waals surface area contributed by atoms with Gasteiger partial charge in [-0.15, -0.1) is 0 Å². The molecule has 3 aromatic rings. The first-order chi connectivity index (χ1) is 12.5. The van der Waals surface area contributed by atoms with Crippen LogP contribution in [0.4, 0.5) is 22.5 Å². The second kappa shape index (κ2) is 7.61. The van der Waals surface area contributed by atoms with Crippen LogP contribution in [-0.4, -0.2) is 33.5 Å². The maximum absolute atomic E-state index is 11.7. The van der Waals surface area contributed by atoms with E-state index in [9.17, 15) is 10.1 Å². The number of thiazole rings is 1. The van der Waals surface area contributed by atoms with Gasteiger partial charge in [0.1, 0.15) is 6.33 Å². The van der Waals surface area contributed by atoms with Crippen LogP contribution in [0.3, 0.4) is 0 Å². The number of nitrogens with one attached hydrogen (secondary N) is 1. The van der Waals surface area contributed by atoms with Crippen LogP contribution in [0.5, 0.6) is 0 Å². The summed E-state index contributed by atoms with van der Waals surface area (Å²) in [7, 11) is 1.80. The summed E-state index contributed by atoms with van der Waals surface area (Å²) in [5.41, 5.74) is 1.85. The Kier molecular flexibility index (Phi) is 5.27. The molecule has 0 radical (unpaired) electrons. The Morgan fingerprint density at radius 2 is 2.15 bits per heavy atom. The lowest BCUT2D eigenvalue weighted by molar-refractivity contribution is -0.383. The Morgan fingerprint density at radius 1 is 1.35 bits per heavy atom. The van der Waals surface area contributed by atoms with Gasteiger partial charge in [0.25, 0.3) is 0 Å². The summed E-state index contributed by atoms with van der Waals surface area (Å²) < 4.78 is 1.02. The molecule has 0 aliphatic rings. The van der Waals surface area contributed by atoms with Gasteiger partial charge in [0, 0.05) is 13.6 Å². The van der Waals surface area contributed by atoms with Crippen molar-refractivity contribution in [2.45, 2.75) is 26.7 Å². The first kappa shape index (κ1) is 18.0. The van der Waals surface area contributed by atoms with Crippen molar-refractivity contribution < 1.29 is 4.92 Å². The minimum absolute atomic E-state index is 0.137. The Bertz CT molecular complexity index is 942. The zero-order chi connectivity index (χ0) is 18.7. The van der Waals surface area contributed by atoms with E-state index in [0.29, 0.717) is 17.5 Å². The number of rotatable bonds is 7. The number of aromatic nitrogens is 3. The summed E-state index contributed by atoms with van der Waals surface area (Å²) >= 11 is 1.44. The third kappa shape index (κ3) is 3.72. The molecule has 8 nitrogen and oxygen atoms in total. The molecule has 0 saturated heterocycles. The number of anilines is 3. The van der Waals surface area contributed by atoms with Gasteiger partial charge in [-0.25, -0.2) is 15.0 Å². The van der Waals surface area contributed by atoms with E-state index in [1.54, 1.807) is 11.9 Å². The summed E-state index contributed by atoms with van der Waals surface area (Å²) in [5.74, 6) is 0.456. The molecule has 2 heterocycles. The van der Waals surface area contributed by atoms with Gasteiger partial charge in [-0.05, 0) is 31.0 Å². The molecule has 0 spiro atoms. The molecule has 9 heteroatoms. The maximum atomic E-state index is 11.7. The van der Waals surface area contributed by atoms with Crippen LogP contribution in [-0.2, 0) is 0 Å². The number of nitro groups is 1. The van der Waals surface area contributed by atoms with E-state index in [-0.39, 0.29) is 11.5 Å². The molecular formula is C17H20N6O2S. The van der Waals surface area contributed by atoms with Crippen molar-refractivity contribution in [3.05, 3.63) is 40.2 Å². The zero-order valence-corrected chi connectivity index (χ0v) is 15.7. The van der Waals surface area contributed by atoms with E-state index in [1.807, 2.05) is 25.1 Å². The monoisotopic (exact) mass is 372 g/mol. The largest absolute Gasteiger partial charge is 0.354 e. The number of nitrogens with zero attached hydrogens (tertiary/aromatic N) is 5. The van der Waals surface area contributed by atoms with Crippen LogP contribution in [0.15, 0.2) is 24.5 Å². The quantitative estimate of drug-likeness (QED) is 0.488. The number of unbranched alkanes of at least 4 members (excludes halogenated alkanes) is 1. The Morgan fingerprint density at radius 3 is 2.88 bits per heavy atom. The molecule has 0 saturated carbocycles. The van der Waals surface area contributed by atoms with Crippen molar-refractivity contribution in [3.63, 3.8) is 0 Å². The summed E-state index contributed by atoms with van der Waals surface area (Å²) in [6.45, 7) is 4.78. The average molecular weight is 372 g/mol. The summed E-state index contributed by atoms with van der Waals surface area (Å²) in [6.07, 6.45) is 3.27. The van der Waals surface area contributed by atoms with Gasteiger partial charge >= 0.3 is 5.69 Å². The van der Waals surface area contributed by atoms with Crippen molar-refractivity contribution in [1.29, 1.82) is 0 Å². The predicted molar refractivity (Wildman–Crippen MR) is 105 cm³/mol. The van der Waals surface area contributed by atoms with E-state index in [2.05, 4.69) is 27.2 Å². The van der Waals surface area contributed by atoms with Crippen LogP contribution in [0.1, 0.15) is 25.3 Å². The highest BCUT2D eigenvalue weighted by atomic mass is 32.1. The Labute approximate surface area is 155 Å². The summed E-state index contributed by atoms with van der Waals surface area (Å²) in [6, 6.07) is 5.96. The lowest BCUT2D eigenvalue weighted by Crippen LogP contribution is -2.21. The van der Waals surface area contributed by atoms with Gasteiger partial charge in [0.2, 0.25) is 11.6 Å². The number of fused-ring (bicyclic) bond motifs is 1. The number of hydrogen-bond donors (Lipinski definition) is 1. The van der Waals surface area contributed by atoms with Gasteiger partial charge in [-0.1, -0.05) is 30.7 Å². The molecule has 1 aromatic carbocycles. The SMILES string of the molecule is CCCCN(C)c1ncnc(Nc2nc3ccc(C)cc3s2)c1[N+](=O)[O-]. The van der Waals surface area contributed by atoms with Crippen molar-refractivity contribution in [2.24, 2.45) is 0 Å². The smallest absolute Gasteiger partial charge is 0.353 e. The second-order valence-electron chi connectivity index (χ2n) is 6.04. The van der Waals surface area contributed by atoms with Gasteiger partial charge in [0.05, 0.1) is 15.1 Å². The number of benzene rings is 1. The van der Waals surface area contributed by atoms with Crippen LogP contribution in [0, 0.1) is 17.0 Å². The molecular weight excluding hydrogens is 352 g/mol. The fraction of sp³-hybridized carbons (Fsp3) is 0.353. The molecule has 0 aliphatic heterocycles. The lowest BCUT2D eigenvalue weighted by atomic mass is 10.2. The number of aryl methyl sites for hydroxylation is 1.